The van der Waals surface area contributed by atoms with Crippen molar-refractivity contribution in [1.29, 1.82) is 0 Å². The lowest BCUT2D eigenvalue weighted by Crippen LogP contribution is -2.57. The van der Waals surface area contributed by atoms with Gasteiger partial charge >= 0.3 is 0 Å². The lowest BCUT2D eigenvalue weighted by atomic mass is 10.1. The van der Waals surface area contributed by atoms with E-state index in [4.69, 9.17) is 0 Å². The number of benzene rings is 2. The molecule has 2 aromatic carbocycles. The molecule has 0 saturated carbocycles. The average Bonchev–Trinajstić information content (AvgIpc) is 2.60. The Hall–Kier alpha value is -2.18. The van der Waals surface area contributed by atoms with Crippen LogP contribution in [-0.2, 0) is 14.8 Å². The minimum Gasteiger partial charge on any atom is -0.309 e. The van der Waals surface area contributed by atoms with E-state index in [1.165, 1.54) is 4.31 Å². The summed E-state index contributed by atoms with van der Waals surface area (Å²) in [6.45, 7) is 6.21. The summed E-state index contributed by atoms with van der Waals surface area (Å²) in [7, 11) is -3.68. The molecule has 0 bridgehead atoms. The largest absolute Gasteiger partial charge is 0.309 e. The maximum atomic E-state index is 12.9. The summed E-state index contributed by atoms with van der Waals surface area (Å²) in [5.74, 6) is -0.195. The third-order valence-corrected chi connectivity index (χ3v) is 6.59. The van der Waals surface area contributed by atoms with Gasteiger partial charge in [0.05, 0.1) is 4.90 Å². The summed E-state index contributed by atoms with van der Waals surface area (Å²) in [5.41, 5.74) is 2.93. The summed E-state index contributed by atoms with van der Waals surface area (Å²) >= 11 is 0. The Labute approximate surface area is 148 Å². The fourth-order valence-electron chi connectivity index (χ4n) is 3.16. The molecule has 1 atom stereocenters. The van der Waals surface area contributed by atoms with E-state index in [0.29, 0.717) is 6.54 Å². The van der Waals surface area contributed by atoms with E-state index >= 15 is 0 Å². The lowest BCUT2D eigenvalue weighted by Gasteiger charge is -2.38. The second-order valence-corrected chi connectivity index (χ2v) is 8.28. The first kappa shape index (κ1) is 17.6. The highest BCUT2D eigenvalue weighted by Crippen LogP contribution is 2.28. The summed E-state index contributed by atoms with van der Waals surface area (Å²) in [5, 5.41) is 0. The van der Waals surface area contributed by atoms with Crippen LogP contribution in [0.4, 0.5) is 5.69 Å². The Balaban J connectivity index is 1.91. The van der Waals surface area contributed by atoms with Gasteiger partial charge in [-0.3, -0.25) is 4.79 Å². The van der Waals surface area contributed by atoms with E-state index in [0.717, 1.165) is 16.8 Å². The van der Waals surface area contributed by atoms with Crippen LogP contribution < -0.4 is 4.90 Å². The summed E-state index contributed by atoms with van der Waals surface area (Å²) in [6.07, 6.45) is 0. The van der Waals surface area contributed by atoms with Crippen molar-refractivity contribution >= 4 is 21.6 Å². The van der Waals surface area contributed by atoms with Crippen molar-refractivity contribution in [2.45, 2.75) is 31.7 Å². The van der Waals surface area contributed by atoms with E-state index in [-0.39, 0.29) is 17.3 Å². The van der Waals surface area contributed by atoms with Crippen LogP contribution in [0.25, 0.3) is 0 Å². The first-order valence-electron chi connectivity index (χ1n) is 8.28. The van der Waals surface area contributed by atoms with Crippen LogP contribution in [0.3, 0.4) is 0 Å². The second kappa shape index (κ2) is 6.61. The Morgan fingerprint density at radius 2 is 1.68 bits per heavy atom. The predicted molar refractivity (Wildman–Crippen MR) is 98.1 cm³/mol. The number of carbonyl (C=O) groups excluding carboxylic acids is 1. The molecule has 1 aliphatic rings. The van der Waals surface area contributed by atoms with Gasteiger partial charge in [-0.25, -0.2) is 8.42 Å². The molecule has 1 amide bonds. The quantitative estimate of drug-likeness (QED) is 0.848. The highest BCUT2D eigenvalue weighted by atomic mass is 32.2. The number of aryl methyl sites for hydroxylation is 2. The molecule has 0 aliphatic carbocycles. The fraction of sp³-hybridized carbons (Fsp3) is 0.316. The molecular weight excluding hydrogens is 336 g/mol. The molecule has 3 rings (SSSR count). The molecule has 132 valence electrons. The van der Waals surface area contributed by atoms with E-state index in [1.54, 1.807) is 42.2 Å². The number of carbonyl (C=O) groups is 1. The first-order valence-corrected chi connectivity index (χ1v) is 9.72. The van der Waals surface area contributed by atoms with Crippen LogP contribution >= 0.6 is 0 Å². The number of sulfonamides is 1. The normalized spacial score (nSPS) is 19.2. The topological polar surface area (TPSA) is 57.7 Å². The third-order valence-electron chi connectivity index (χ3n) is 4.60. The molecule has 6 heteroatoms. The molecule has 1 fully saturated rings. The van der Waals surface area contributed by atoms with Gasteiger partial charge < -0.3 is 4.90 Å². The van der Waals surface area contributed by atoms with Gasteiger partial charge in [-0.2, -0.15) is 4.31 Å². The molecule has 2 aromatic rings. The van der Waals surface area contributed by atoms with Gasteiger partial charge in [0.1, 0.15) is 6.04 Å². The van der Waals surface area contributed by atoms with Gasteiger partial charge in [0, 0.05) is 18.8 Å². The smallest absolute Gasteiger partial charge is 0.245 e. The number of piperazine rings is 1. The number of hydrogen-bond donors (Lipinski definition) is 0. The van der Waals surface area contributed by atoms with Gasteiger partial charge in [0.15, 0.2) is 0 Å². The van der Waals surface area contributed by atoms with Crippen LogP contribution in [0.1, 0.15) is 18.1 Å². The molecule has 25 heavy (non-hydrogen) atoms. The van der Waals surface area contributed by atoms with Crippen molar-refractivity contribution in [1.82, 2.24) is 4.31 Å². The fourth-order valence-corrected chi connectivity index (χ4v) is 4.76. The molecule has 0 spiro atoms. The van der Waals surface area contributed by atoms with E-state index in [9.17, 15) is 13.2 Å². The number of nitrogens with zero attached hydrogens (tertiary/aromatic N) is 2. The van der Waals surface area contributed by atoms with Gasteiger partial charge in [-0.1, -0.05) is 30.3 Å². The van der Waals surface area contributed by atoms with Crippen molar-refractivity contribution in [3.63, 3.8) is 0 Å². The minimum absolute atomic E-state index is 0.195. The van der Waals surface area contributed by atoms with E-state index in [2.05, 4.69) is 0 Å². The highest BCUT2D eigenvalue weighted by Gasteiger charge is 2.39. The van der Waals surface area contributed by atoms with Crippen LogP contribution in [0.2, 0.25) is 0 Å². The zero-order valence-electron chi connectivity index (χ0n) is 14.6. The van der Waals surface area contributed by atoms with Crippen molar-refractivity contribution in [2.75, 3.05) is 18.0 Å². The van der Waals surface area contributed by atoms with Crippen molar-refractivity contribution < 1.29 is 13.2 Å². The zero-order chi connectivity index (χ0) is 18.2. The highest BCUT2D eigenvalue weighted by molar-refractivity contribution is 7.89. The predicted octanol–water partition coefficient (Wildman–Crippen LogP) is 2.73. The summed E-state index contributed by atoms with van der Waals surface area (Å²) in [4.78, 5) is 14.8. The van der Waals surface area contributed by atoms with Gasteiger partial charge in [-0.15, -0.1) is 0 Å². The first-order chi connectivity index (χ1) is 11.8. The summed E-state index contributed by atoms with van der Waals surface area (Å²) < 4.78 is 27.0. The Morgan fingerprint density at radius 3 is 2.36 bits per heavy atom. The molecular formula is C19H22N2O3S. The van der Waals surface area contributed by atoms with Crippen LogP contribution in [-0.4, -0.2) is 37.8 Å². The van der Waals surface area contributed by atoms with Gasteiger partial charge in [0.2, 0.25) is 15.9 Å². The molecule has 0 unspecified atom stereocenters. The van der Waals surface area contributed by atoms with Crippen molar-refractivity contribution in [3.8, 4) is 0 Å². The van der Waals surface area contributed by atoms with Crippen LogP contribution in [0.5, 0.6) is 0 Å². The number of rotatable bonds is 3. The average molecular weight is 358 g/mol. The summed E-state index contributed by atoms with van der Waals surface area (Å²) in [6, 6.07) is 13.5. The Kier molecular flexibility index (Phi) is 4.67. The lowest BCUT2D eigenvalue weighted by molar-refractivity contribution is -0.123. The zero-order valence-corrected chi connectivity index (χ0v) is 15.5. The Morgan fingerprint density at radius 1 is 1.00 bits per heavy atom. The molecule has 5 nitrogen and oxygen atoms in total. The van der Waals surface area contributed by atoms with Gasteiger partial charge in [0.25, 0.3) is 0 Å². The molecule has 1 aliphatic heterocycles. The molecule has 1 heterocycles. The Bertz CT molecular complexity index is 894. The van der Waals surface area contributed by atoms with Gasteiger partial charge in [-0.05, 0) is 50.1 Å². The molecule has 0 aromatic heterocycles. The maximum absolute atomic E-state index is 12.9. The maximum Gasteiger partial charge on any atom is 0.245 e. The number of anilines is 1. The number of hydrogen-bond acceptors (Lipinski definition) is 3. The second-order valence-electron chi connectivity index (χ2n) is 6.38. The number of amides is 1. The van der Waals surface area contributed by atoms with Crippen LogP contribution in [0.15, 0.2) is 53.4 Å². The standard InChI is InChI=1S/C19H22N2O3S/c1-14-9-10-15(2)18(13-14)20-11-12-21(16(3)19(20)22)25(23,24)17-7-5-4-6-8-17/h4-10,13,16H,11-12H2,1-3H3/t16-/m1/s1. The SMILES string of the molecule is Cc1ccc(C)c(N2CCN(S(=O)(=O)c3ccccc3)[C@H](C)C2=O)c1. The van der Waals surface area contributed by atoms with Crippen molar-refractivity contribution in [2.24, 2.45) is 0 Å². The monoisotopic (exact) mass is 358 g/mol. The van der Waals surface area contributed by atoms with Crippen molar-refractivity contribution in [3.05, 3.63) is 59.7 Å². The molecule has 0 radical (unpaired) electrons. The molecule has 0 N–H and O–H groups in total. The van der Waals surface area contributed by atoms with E-state index < -0.39 is 16.1 Å². The van der Waals surface area contributed by atoms with Crippen LogP contribution in [0, 0.1) is 13.8 Å². The molecule has 1 saturated heterocycles. The third kappa shape index (κ3) is 3.19. The minimum atomic E-state index is -3.68. The van der Waals surface area contributed by atoms with E-state index in [1.807, 2.05) is 32.0 Å².